The van der Waals surface area contributed by atoms with Crippen LogP contribution in [0, 0.1) is 0 Å². The smallest absolute Gasteiger partial charge is 0.333 e. The average molecular weight is 242 g/mol. The van der Waals surface area contributed by atoms with Crippen molar-refractivity contribution in [1.82, 2.24) is 0 Å². The summed E-state index contributed by atoms with van der Waals surface area (Å²) < 4.78 is 10.9. The highest BCUT2D eigenvalue weighted by Gasteiger charge is 2.26. The fourth-order valence-corrected chi connectivity index (χ4v) is 2.83. The number of ether oxygens (including phenoxy) is 2. The van der Waals surface area contributed by atoms with Crippen LogP contribution in [0.15, 0.2) is 12.2 Å². The van der Waals surface area contributed by atoms with E-state index in [9.17, 15) is 4.79 Å². The molecule has 0 aromatic rings. The van der Waals surface area contributed by atoms with E-state index in [0.717, 1.165) is 29.7 Å². The minimum Gasteiger partial charge on any atom is -0.462 e. The summed E-state index contributed by atoms with van der Waals surface area (Å²) in [6, 6.07) is 0. The second-order valence-electron chi connectivity index (χ2n) is 4.78. The summed E-state index contributed by atoms with van der Waals surface area (Å²) in [6.07, 6.45) is 5.54. The number of carbonyl (C=O) groups excluding carboxylic acids is 1. The molecule has 1 atom stereocenters. The van der Waals surface area contributed by atoms with Gasteiger partial charge in [0.05, 0.1) is 6.61 Å². The van der Waals surface area contributed by atoms with Crippen molar-refractivity contribution in [3.8, 4) is 0 Å². The van der Waals surface area contributed by atoms with E-state index in [1.165, 1.54) is 19.3 Å². The van der Waals surface area contributed by atoms with E-state index >= 15 is 0 Å². The highest BCUT2D eigenvalue weighted by atomic mass is 28.1. The van der Waals surface area contributed by atoms with E-state index in [-0.39, 0.29) is 11.2 Å². The van der Waals surface area contributed by atoms with Gasteiger partial charge in [0.1, 0.15) is 0 Å². The molecule has 92 valence electrons. The maximum atomic E-state index is 11.1. The van der Waals surface area contributed by atoms with Gasteiger partial charge in [0.2, 0.25) is 0 Å². The summed E-state index contributed by atoms with van der Waals surface area (Å²) in [5, 5.41) is 0.133. The molecule has 0 N–H and O–H groups in total. The molecule has 1 aliphatic heterocycles. The van der Waals surface area contributed by atoms with Crippen molar-refractivity contribution in [2.45, 2.75) is 44.3 Å². The minimum atomic E-state index is -0.285. The largest absolute Gasteiger partial charge is 0.462 e. The first kappa shape index (κ1) is 13.5. The predicted octanol–water partition coefficient (Wildman–Crippen LogP) is 1.15. The van der Waals surface area contributed by atoms with Gasteiger partial charge >= 0.3 is 5.97 Å². The predicted molar refractivity (Wildman–Crippen MR) is 67.5 cm³/mol. The highest BCUT2D eigenvalue weighted by Crippen LogP contribution is 2.26. The van der Waals surface area contributed by atoms with Crippen molar-refractivity contribution in [3.63, 3.8) is 0 Å². The zero-order chi connectivity index (χ0) is 12.0. The summed E-state index contributed by atoms with van der Waals surface area (Å²) in [5.41, 5.74) is 0.467. The number of esters is 1. The van der Waals surface area contributed by atoms with Gasteiger partial charge in [0.15, 0.2) is 0 Å². The molecule has 1 unspecified atom stereocenters. The van der Waals surface area contributed by atoms with Crippen molar-refractivity contribution in [2.24, 2.45) is 0 Å². The number of hydrogen-bond acceptors (Lipinski definition) is 3. The lowest BCUT2D eigenvalue weighted by molar-refractivity contribution is -0.139. The van der Waals surface area contributed by atoms with Crippen LogP contribution in [0.2, 0.25) is 0 Å². The molecule has 0 saturated carbocycles. The van der Waals surface area contributed by atoms with Crippen LogP contribution in [-0.4, -0.2) is 34.6 Å². The van der Waals surface area contributed by atoms with Gasteiger partial charge in [0.25, 0.3) is 0 Å². The molecule has 0 radical (unpaired) electrons. The van der Waals surface area contributed by atoms with Gasteiger partial charge in [-0.2, -0.15) is 0 Å². The Morgan fingerprint density at radius 2 is 2.31 bits per heavy atom. The molecule has 3 nitrogen and oxygen atoms in total. The number of rotatable bonds is 5. The molecular weight excluding hydrogens is 220 g/mol. The lowest BCUT2D eigenvalue weighted by atomic mass is 10.0. The third kappa shape index (κ3) is 4.49. The average Bonchev–Trinajstić information content (AvgIpc) is 2.25. The number of hydrogen-bond donors (Lipinski definition) is 0. The van der Waals surface area contributed by atoms with E-state index in [1.807, 2.05) is 0 Å². The van der Waals surface area contributed by atoms with Crippen molar-refractivity contribution >= 4 is 16.2 Å². The Labute approximate surface area is 101 Å². The standard InChI is InChI=1S/C12H22O3Si/c1-10(2)11(13)14-8-5-7-12(16)6-3-4-9-15-12/h1,3-9H2,2,16H3. The van der Waals surface area contributed by atoms with Crippen molar-refractivity contribution in [3.05, 3.63) is 12.2 Å². The van der Waals surface area contributed by atoms with Gasteiger partial charge in [-0.25, -0.2) is 4.79 Å². The molecule has 0 spiro atoms. The first-order chi connectivity index (χ1) is 7.53. The highest BCUT2D eigenvalue weighted by molar-refractivity contribution is 6.14. The van der Waals surface area contributed by atoms with Gasteiger partial charge in [-0.3, -0.25) is 0 Å². The van der Waals surface area contributed by atoms with E-state index < -0.39 is 0 Å². The zero-order valence-electron chi connectivity index (χ0n) is 10.4. The fraction of sp³-hybridized carbons (Fsp3) is 0.750. The maximum absolute atomic E-state index is 11.1. The Balaban J connectivity index is 2.14. The summed E-state index contributed by atoms with van der Waals surface area (Å²) in [5.74, 6) is -0.285. The minimum absolute atomic E-state index is 0.133. The van der Waals surface area contributed by atoms with E-state index in [1.54, 1.807) is 6.92 Å². The number of carbonyl (C=O) groups is 1. The molecule has 0 bridgehead atoms. The van der Waals surface area contributed by atoms with Gasteiger partial charge in [-0.1, -0.05) is 6.58 Å². The van der Waals surface area contributed by atoms with Crippen LogP contribution in [0.1, 0.15) is 39.0 Å². The second-order valence-corrected chi connectivity index (χ2v) is 6.60. The van der Waals surface area contributed by atoms with Crippen molar-refractivity contribution < 1.29 is 14.3 Å². The van der Waals surface area contributed by atoms with Crippen molar-refractivity contribution in [1.29, 1.82) is 0 Å². The SMILES string of the molecule is C=C(C)C(=O)OCCCC1([SiH3])CCCCO1. The third-order valence-electron chi connectivity index (χ3n) is 2.98. The summed E-state index contributed by atoms with van der Waals surface area (Å²) in [4.78, 5) is 11.1. The van der Waals surface area contributed by atoms with Crippen LogP contribution in [0.25, 0.3) is 0 Å². The Morgan fingerprint density at radius 1 is 1.56 bits per heavy atom. The lowest BCUT2D eigenvalue weighted by Crippen LogP contribution is -2.37. The van der Waals surface area contributed by atoms with Crippen LogP contribution in [0.5, 0.6) is 0 Å². The van der Waals surface area contributed by atoms with Crippen LogP contribution in [0.3, 0.4) is 0 Å². The molecule has 1 saturated heterocycles. The second kappa shape index (κ2) is 6.20. The molecule has 0 aliphatic carbocycles. The van der Waals surface area contributed by atoms with Crippen molar-refractivity contribution in [2.75, 3.05) is 13.2 Å². The lowest BCUT2D eigenvalue weighted by Gasteiger charge is -2.34. The topological polar surface area (TPSA) is 35.5 Å². The molecule has 1 fully saturated rings. The quantitative estimate of drug-likeness (QED) is 0.314. The zero-order valence-corrected chi connectivity index (χ0v) is 12.4. The maximum Gasteiger partial charge on any atom is 0.333 e. The van der Waals surface area contributed by atoms with Crippen LogP contribution < -0.4 is 0 Å². The molecule has 0 amide bonds. The van der Waals surface area contributed by atoms with E-state index in [2.05, 4.69) is 6.58 Å². The summed E-state index contributed by atoms with van der Waals surface area (Å²) in [7, 11) is 1.06. The van der Waals surface area contributed by atoms with Crippen LogP contribution >= 0.6 is 0 Å². The normalized spacial score (nSPS) is 25.3. The Morgan fingerprint density at radius 3 is 2.88 bits per heavy atom. The molecule has 0 aromatic carbocycles. The van der Waals surface area contributed by atoms with Gasteiger partial charge in [0, 0.05) is 27.6 Å². The monoisotopic (exact) mass is 242 g/mol. The molecule has 4 heteroatoms. The third-order valence-corrected chi connectivity index (χ3v) is 4.27. The van der Waals surface area contributed by atoms with Gasteiger partial charge in [-0.05, 0) is 39.0 Å². The molecular formula is C12H22O3Si. The Kier molecular flexibility index (Phi) is 5.22. The molecule has 1 rings (SSSR count). The van der Waals surface area contributed by atoms with Crippen LogP contribution in [-0.2, 0) is 14.3 Å². The van der Waals surface area contributed by atoms with E-state index in [4.69, 9.17) is 9.47 Å². The summed E-state index contributed by atoms with van der Waals surface area (Å²) >= 11 is 0. The van der Waals surface area contributed by atoms with Crippen LogP contribution in [0.4, 0.5) is 0 Å². The fourth-order valence-electron chi connectivity index (χ4n) is 1.92. The summed E-state index contributed by atoms with van der Waals surface area (Å²) in [6.45, 7) is 6.60. The molecule has 16 heavy (non-hydrogen) atoms. The molecule has 1 aliphatic rings. The Bertz CT molecular complexity index is 257. The van der Waals surface area contributed by atoms with Gasteiger partial charge in [-0.15, -0.1) is 0 Å². The Hall–Kier alpha value is -0.613. The van der Waals surface area contributed by atoms with E-state index in [0.29, 0.717) is 12.2 Å². The van der Waals surface area contributed by atoms with Gasteiger partial charge < -0.3 is 9.47 Å². The molecule has 1 heterocycles. The molecule has 0 aromatic heterocycles. The first-order valence-electron chi connectivity index (χ1n) is 6.00. The first-order valence-corrected chi connectivity index (χ1v) is 7.00.